The number of halogens is 1. The molecule has 1 aromatic heterocycles. The molecule has 146 valence electrons. The molecule has 0 N–H and O–H groups in total. The van der Waals surface area contributed by atoms with E-state index in [2.05, 4.69) is 22.4 Å². The third-order valence-electron chi connectivity index (χ3n) is 5.06. The van der Waals surface area contributed by atoms with E-state index in [1.54, 1.807) is 11.3 Å². The fourth-order valence-electron chi connectivity index (χ4n) is 3.50. The van der Waals surface area contributed by atoms with E-state index in [0.717, 1.165) is 17.2 Å². The van der Waals surface area contributed by atoms with Gasteiger partial charge in [-0.05, 0) is 42.7 Å². The van der Waals surface area contributed by atoms with E-state index in [1.807, 2.05) is 18.2 Å². The van der Waals surface area contributed by atoms with E-state index < -0.39 is 20.9 Å². The minimum absolute atomic E-state index is 0.201. The van der Waals surface area contributed by atoms with Gasteiger partial charge in [-0.2, -0.15) is 0 Å². The van der Waals surface area contributed by atoms with Crippen molar-refractivity contribution >= 4 is 26.3 Å². The molecule has 0 spiro atoms. The molecule has 4 nitrogen and oxygen atoms in total. The molecule has 2 heterocycles. The lowest BCUT2D eigenvalue weighted by Crippen LogP contribution is -2.39. The van der Waals surface area contributed by atoms with Crippen molar-refractivity contribution in [1.82, 2.24) is 4.98 Å². The van der Waals surface area contributed by atoms with Crippen molar-refractivity contribution in [3.63, 3.8) is 0 Å². The minimum Gasteiger partial charge on any atom is -0.348 e. The van der Waals surface area contributed by atoms with Crippen molar-refractivity contribution in [2.24, 2.45) is 0 Å². The number of anilines is 1. The maximum absolute atomic E-state index is 13.1. The fraction of sp³-hybridized carbons (Fsp3) is 0.286. The first-order chi connectivity index (χ1) is 13.5. The maximum atomic E-state index is 13.1. The van der Waals surface area contributed by atoms with Gasteiger partial charge in [0.05, 0.1) is 15.8 Å². The van der Waals surface area contributed by atoms with Crippen molar-refractivity contribution < 1.29 is 12.8 Å². The summed E-state index contributed by atoms with van der Waals surface area (Å²) in [6.45, 7) is 1.31. The van der Waals surface area contributed by atoms with Crippen LogP contribution in [0.25, 0.3) is 0 Å². The summed E-state index contributed by atoms with van der Waals surface area (Å²) in [7, 11) is -3.43. The number of nitrogens with zero attached hydrogens (tertiary/aromatic N) is 2. The Kier molecular flexibility index (Phi) is 5.46. The fourth-order valence-corrected chi connectivity index (χ4v) is 6.11. The molecular formula is C21H21FN2O2S2. The highest BCUT2D eigenvalue weighted by Gasteiger charge is 2.32. The van der Waals surface area contributed by atoms with E-state index in [1.165, 1.54) is 29.8 Å². The van der Waals surface area contributed by atoms with Crippen LogP contribution in [0.3, 0.4) is 0 Å². The van der Waals surface area contributed by atoms with Crippen molar-refractivity contribution in [2.75, 3.05) is 18.0 Å². The molecule has 0 unspecified atom stereocenters. The highest BCUT2D eigenvalue weighted by molar-refractivity contribution is 7.92. The predicted molar refractivity (Wildman–Crippen MR) is 110 cm³/mol. The molecule has 0 saturated carbocycles. The molecule has 4 rings (SSSR count). The summed E-state index contributed by atoms with van der Waals surface area (Å²) in [5.74, 6) is -0.427. The highest BCUT2D eigenvalue weighted by Crippen LogP contribution is 2.29. The van der Waals surface area contributed by atoms with Crippen LogP contribution in [-0.4, -0.2) is 31.7 Å². The molecule has 28 heavy (non-hydrogen) atoms. The molecule has 0 amide bonds. The first kappa shape index (κ1) is 19.1. The Hall–Kier alpha value is -2.25. The lowest BCUT2D eigenvalue weighted by Gasteiger charge is -2.31. The molecule has 0 atom stereocenters. The molecular weight excluding hydrogens is 395 g/mol. The van der Waals surface area contributed by atoms with Gasteiger partial charge >= 0.3 is 0 Å². The van der Waals surface area contributed by atoms with Crippen LogP contribution in [0.15, 0.2) is 64.9 Å². The van der Waals surface area contributed by atoms with Crippen LogP contribution in [0.1, 0.15) is 24.1 Å². The van der Waals surface area contributed by atoms with Crippen molar-refractivity contribution in [1.29, 1.82) is 0 Å². The second kappa shape index (κ2) is 8.01. The Labute approximate surface area is 168 Å². The van der Waals surface area contributed by atoms with E-state index in [4.69, 9.17) is 4.98 Å². The Bertz CT molecular complexity index is 1030. The zero-order valence-corrected chi connectivity index (χ0v) is 16.9. The number of hydrogen-bond acceptors (Lipinski definition) is 5. The number of aromatic nitrogens is 1. The summed E-state index contributed by atoms with van der Waals surface area (Å²) in [6, 6.07) is 15.3. The summed E-state index contributed by atoms with van der Waals surface area (Å²) in [4.78, 5) is 7.10. The average Bonchev–Trinajstić information content (AvgIpc) is 3.18. The molecule has 0 bridgehead atoms. The van der Waals surface area contributed by atoms with E-state index in [9.17, 15) is 12.8 Å². The number of rotatable bonds is 5. The normalized spacial score (nSPS) is 15.7. The molecule has 7 heteroatoms. The summed E-state index contributed by atoms with van der Waals surface area (Å²) < 4.78 is 38.7. The molecule has 1 aliphatic rings. The molecule has 3 aromatic rings. The lowest BCUT2D eigenvalue weighted by molar-refractivity contribution is 0.529. The van der Waals surface area contributed by atoms with Crippen LogP contribution >= 0.6 is 11.3 Å². The second-order valence-corrected chi connectivity index (χ2v) is 10.0. The van der Waals surface area contributed by atoms with Gasteiger partial charge in [-0.1, -0.05) is 30.3 Å². The monoisotopic (exact) mass is 416 g/mol. The Balaban J connectivity index is 1.40. The maximum Gasteiger partial charge on any atom is 0.185 e. The SMILES string of the molecule is O=S(=O)(c1ccc(F)cc1)C1CCN(c2nc(Cc3ccccc3)cs2)CC1. The van der Waals surface area contributed by atoms with Gasteiger partial charge in [-0.15, -0.1) is 11.3 Å². The van der Waals surface area contributed by atoms with Gasteiger partial charge in [-0.25, -0.2) is 17.8 Å². The molecule has 2 aromatic carbocycles. The van der Waals surface area contributed by atoms with Crippen molar-refractivity contribution in [2.45, 2.75) is 29.4 Å². The van der Waals surface area contributed by atoms with E-state index >= 15 is 0 Å². The van der Waals surface area contributed by atoms with Crippen LogP contribution in [0, 0.1) is 5.82 Å². The standard InChI is InChI=1S/C21H21FN2O2S2/c22-17-6-8-19(9-7-17)28(25,26)20-10-12-24(13-11-20)21-23-18(15-27-21)14-16-4-2-1-3-5-16/h1-9,15,20H,10-14H2. The summed E-state index contributed by atoms with van der Waals surface area (Å²) in [5, 5.41) is 2.59. The molecule has 0 radical (unpaired) electrons. The molecule has 1 fully saturated rings. The van der Waals surface area contributed by atoms with Gasteiger partial charge in [0.2, 0.25) is 0 Å². The summed E-state index contributed by atoms with van der Waals surface area (Å²) >= 11 is 1.61. The van der Waals surface area contributed by atoms with Crippen molar-refractivity contribution in [3.8, 4) is 0 Å². The van der Waals surface area contributed by atoms with Gasteiger partial charge in [0, 0.05) is 24.9 Å². The van der Waals surface area contributed by atoms with Crippen LogP contribution in [0.2, 0.25) is 0 Å². The smallest absolute Gasteiger partial charge is 0.185 e. The zero-order valence-electron chi connectivity index (χ0n) is 15.3. The van der Waals surface area contributed by atoms with E-state index in [0.29, 0.717) is 25.9 Å². The number of benzene rings is 2. The number of hydrogen-bond donors (Lipinski definition) is 0. The van der Waals surface area contributed by atoms with Gasteiger partial charge in [0.15, 0.2) is 15.0 Å². The number of thiazole rings is 1. The van der Waals surface area contributed by atoms with Crippen LogP contribution < -0.4 is 4.90 Å². The first-order valence-electron chi connectivity index (χ1n) is 9.25. The lowest BCUT2D eigenvalue weighted by atomic mass is 10.1. The molecule has 1 aliphatic heterocycles. The van der Waals surface area contributed by atoms with Crippen molar-refractivity contribution in [3.05, 3.63) is 77.1 Å². The average molecular weight is 417 g/mol. The second-order valence-electron chi connectivity index (χ2n) is 6.97. The summed E-state index contributed by atoms with van der Waals surface area (Å²) in [5.41, 5.74) is 2.26. The minimum atomic E-state index is -3.43. The van der Waals surface area contributed by atoms with Crippen LogP contribution in [0.5, 0.6) is 0 Å². The van der Waals surface area contributed by atoms with Crippen LogP contribution in [-0.2, 0) is 16.3 Å². The van der Waals surface area contributed by atoms with Gasteiger partial charge < -0.3 is 4.90 Å². The predicted octanol–water partition coefficient (Wildman–Crippen LogP) is 4.32. The van der Waals surface area contributed by atoms with E-state index in [-0.39, 0.29) is 4.90 Å². The van der Waals surface area contributed by atoms with Gasteiger partial charge in [0.25, 0.3) is 0 Å². The first-order valence-corrected chi connectivity index (χ1v) is 11.7. The Morgan fingerprint density at radius 1 is 1.04 bits per heavy atom. The third kappa shape index (κ3) is 4.10. The Morgan fingerprint density at radius 3 is 2.39 bits per heavy atom. The van der Waals surface area contributed by atoms with Gasteiger partial charge in [-0.3, -0.25) is 0 Å². The quantitative estimate of drug-likeness (QED) is 0.582. The Morgan fingerprint density at radius 2 is 1.71 bits per heavy atom. The topological polar surface area (TPSA) is 50.3 Å². The number of sulfone groups is 1. The number of piperidine rings is 1. The summed E-state index contributed by atoms with van der Waals surface area (Å²) in [6.07, 6.45) is 1.90. The highest BCUT2D eigenvalue weighted by atomic mass is 32.2. The third-order valence-corrected chi connectivity index (χ3v) is 8.29. The zero-order chi connectivity index (χ0) is 19.6. The largest absolute Gasteiger partial charge is 0.348 e. The van der Waals surface area contributed by atoms with Gasteiger partial charge in [0.1, 0.15) is 5.82 Å². The molecule has 1 saturated heterocycles. The molecule has 0 aliphatic carbocycles. The van der Waals surface area contributed by atoms with Crippen LogP contribution in [0.4, 0.5) is 9.52 Å².